The van der Waals surface area contributed by atoms with Crippen LogP contribution in [0.1, 0.15) is 17.4 Å². The first kappa shape index (κ1) is 20.8. The van der Waals surface area contributed by atoms with Crippen LogP contribution in [0.4, 0.5) is 23.4 Å². The quantitative estimate of drug-likeness (QED) is 0.735. The molecule has 12 heteroatoms. The van der Waals surface area contributed by atoms with Crippen molar-refractivity contribution in [1.82, 2.24) is 14.5 Å². The highest BCUT2D eigenvalue weighted by atomic mass is 32.2. The molecule has 0 bridgehead atoms. The largest absolute Gasteiger partial charge is 0.395 e. The van der Waals surface area contributed by atoms with Gasteiger partial charge in [0.15, 0.2) is 5.69 Å². The van der Waals surface area contributed by atoms with Gasteiger partial charge in [-0.05, 0) is 31.2 Å². The van der Waals surface area contributed by atoms with E-state index in [1.807, 2.05) is 0 Å². The highest BCUT2D eigenvalue weighted by molar-refractivity contribution is 7.92. The van der Waals surface area contributed by atoms with E-state index in [2.05, 4.69) is 11.7 Å². The van der Waals surface area contributed by atoms with Crippen LogP contribution in [0.15, 0.2) is 42.3 Å². The average Bonchev–Trinajstić information content (AvgIpc) is 3.04. The Morgan fingerprint density at radius 2 is 1.93 bits per heavy atom. The van der Waals surface area contributed by atoms with Crippen LogP contribution < -0.4 is 9.62 Å². The van der Waals surface area contributed by atoms with Gasteiger partial charge in [-0.15, -0.1) is 0 Å². The van der Waals surface area contributed by atoms with Gasteiger partial charge in [-0.1, -0.05) is 6.58 Å². The van der Waals surface area contributed by atoms with Crippen LogP contribution in [0.2, 0.25) is 0 Å². The Kier molecular flexibility index (Phi) is 5.15. The van der Waals surface area contributed by atoms with E-state index in [4.69, 9.17) is 0 Å². The van der Waals surface area contributed by atoms with E-state index in [0.717, 1.165) is 16.8 Å². The SMILES string of the molecule is C=CS(=O)(=O)NC(=O)c1cc(N2C[C@@H](C(F)(F)F)[C@H]2C)n(-c2ccc(F)cc2)n1. The van der Waals surface area contributed by atoms with Gasteiger partial charge in [0.05, 0.1) is 11.6 Å². The number of aromatic nitrogens is 2. The summed E-state index contributed by atoms with van der Waals surface area (Å²) in [6, 6.07) is 5.17. The molecule has 1 N–H and O–H groups in total. The van der Waals surface area contributed by atoms with Gasteiger partial charge >= 0.3 is 6.18 Å². The molecule has 1 aromatic heterocycles. The molecule has 1 amide bonds. The van der Waals surface area contributed by atoms with Crippen LogP contribution in [0.25, 0.3) is 5.69 Å². The van der Waals surface area contributed by atoms with Crippen LogP contribution >= 0.6 is 0 Å². The number of halogens is 4. The summed E-state index contributed by atoms with van der Waals surface area (Å²) in [6.45, 7) is 4.09. The minimum Gasteiger partial charge on any atom is -0.352 e. The highest BCUT2D eigenvalue weighted by Gasteiger charge is 2.53. The van der Waals surface area contributed by atoms with Gasteiger partial charge in [0, 0.05) is 24.1 Å². The van der Waals surface area contributed by atoms with E-state index in [9.17, 15) is 30.8 Å². The first-order chi connectivity index (χ1) is 13.4. The third-order valence-electron chi connectivity index (χ3n) is 4.63. The number of hydrogen-bond donors (Lipinski definition) is 1. The Hall–Kier alpha value is -2.89. The molecule has 0 aliphatic carbocycles. The molecular weight excluding hydrogens is 416 g/mol. The van der Waals surface area contributed by atoms with Crippen LogP contribution in [-0.2, 0) is 10.0 Å². The molecule has 1 fully saturated rings. The second-order valence-corrected chi connectivity index (χ2v) is 8.09. The summed E-state index contributed by atoms with van der Waals surface area (Å²) < 4.78 is 78.3. The Morgan fingerprint density at radius 1 is 1.31 bits per heavy atom. The lowest BCUT2D eigenvalue weighted by atomic mass is 9.89. The Labute approximate surface area is 163 Å². The van der Waals surface area contributed by atoms with Crippen molar-refractivity contribution in [2.24, 2.45) is 5.92 Å². The second-order valence-electron chi connectivity index (χ2n) is 6.46. The lowest BCUT2D eigenvalue weighted by Gasteiger charge is -2.48. The zero-order chi connectivity index (χ0) is 21.6. The Balaban J connectivity index is 2.00. The molecule has 1 aliphatic heterocycles. The van der Waals surface area contributed by atoms with E-state index in [0.29, 0.717) is 5.41 Å². The summed E-state index contributed by atoms with van der Waals surface area (Å²) in [5.74, 6) is -3.03. The lowest BCUT2D eigenvalue weighted by molar-refractivity contribution is -0.190. The smallest absolute Gasteiger partial charge is 0.352 e. The Bertz CT molecular complexity index is 1050. The molecule has 1 aliphatic rings. The molecule has 156 valence electrons. The van der Waals surface area contributed by atoms with Crippen molar-refractivity contribution in [2.45, 2.75) is 19.1 Å². The van der Waals surface area contributed by atoms with E-state index < -0.39 is 39.9 Å². The summed E-state index contributed by atoms with van der Waals surface area (Å²) >= 11 is 0. The van der Waals surface area contributed by atoms with Gasteiger partial charge in [0.1, 0.15) is 11.6 Å². The second kappa shape index (κ2) is 7.17. The summed E-state index contributed by atoms with van der Waals surface area (Å²) in [6.07, 6.45) is -4.38. The number of hydrogen-bond acceptors (Lipinski definition) is 5. The fraction of sp³-hybridized carbons (Fsp3) is 0.294. The third-order valence-corrected chi connectivity index (χ3v) is 5.54. The van der Waals surface area contributed by atoms with E-state index >= 15 is 0 Å². The molecule has 2 heterocycles. The van der Waals surface area contributed by atoms with Gasteiger partial charge in [-0.3, -0.25) is 4.79 Å². The minimum atomic E-state index is -4.38. The van der Waals surface area contributed by atoms with Crippen molar-refractivity contribution in [3.63, 3.8) is 0 Å². The Morgan fingerprint density at radius 3 is 2.45 bits per heavy atom. The maximum absolute atomic E-state index is 13.2. The van der Waals surface area contributed by atoms with Gasteiger partial charge in [-0.2, -0.15) is 18.3 Å². The number of nitrogens with zero attached hydrogens (tertiary/aromatic N) is 3. The summed E-state index contributed by atoms with van der Waals surface area (Å²) in [4.78, 5) is 13.6. The van der Waals surface area contributed by atoms with Crippen LogP contribution in [0, 0.1) is 11.7 Å². The highest BCUT2D eigenvalue weighted by Crippen LogP contribution is 2.41. The van der Waals surface area contributed by atoms with Crippen molar-refractivity contribution in [2.75, 3.05) is 11.4 Å². The number of amides is 1. The average molecular weight is 432 g/mol. The van der Waals surface area contributed by atoms with Gasteiger partial charge < -0.3 is 4.90 Å². The van der Waals surface area contributed by atoms with Gasteiger partial charge in [-0.25, -0.2) is 22.2 Å². The molecule has 2 aromatic rings. The van der Waals surface area contributed by atoms with Crippen molar-refractivity contribution in [3.05, 3.63) is 53.8 Å². The first-order valence-corrected chi connectivity index (χ1v) is 9.86. The number of anilines is 1. The van der Waals surface area contributed by atoms with Crippen LogP contribution in [0.3, 0.4) is 0 Å². The fourth-order valence-electron chi connectivity index (χ4n) is 2.97. The number of rotatable bonds is 5. The molecule has 2 atom stereocenters. The predicted molar refractivity (Wildman–Crippen MR) is 96.5 cm³/mol. The van der Waals surface area contributed by atoms with E-state index in [1.165, 1.54) is 30.0 Å². The number of carbonyl (C=O) groups excluding carboxylic acids is 1. The lowest BCUT2D eigenvalue weighted by Crippen LogP contribution is -2.60. The molecule has 0 spiro atoms. The standard InChI is InChI=1S/C17H16F4N4O3S/c1-3-29(27,28)23-16(26)14-8-15(24-9-13(10(24)2)17(19,20)21)25(22-14)12-6-4-11(18)5-7-12/h3-8,10,13H,1,9H2,2H3,(H,23,26)/t10-,13-/m1/s1. The number of carbonyl (C=O) groups is 1. The maximum atomic E-state index is 13.2. The van der Waals surface area contributed by atoms with Crippen molar-refractivity contribution in [3.8, 4) is 5.69 Å². The molecule has 0 radical (unpaired) electrons. The van der Waals surface area contributed by atoms with E-state index in [-0.39, 0.29) is 23.7 Å². The van der Waals surface area contributed by atoms with Gasteiger partial charge in [0.25, 0.3) is 15.9 Å². The molecule has 3 rings (SSSR count). The van der Waals surface area contributed by atoms with Gasteiger partial charge in [0.2, 0.25) is 0 Å². The molecule has 7 nitrogen and oxygen atoms in total. The molecule has 0 unspecified atom stereocenters. The topological polar surface area (TPSA) is 84.3 Å². The van der Waals surface area contributed by atoms with Crippen molar-refractivity contribution >= 4 is 21.7 Å². The molecule has 0 saturated carbocycles. The normalized spacial score (nSPS) is 19.6. The monoisotopic (exact) mass is 432 g/mol. The molecule has 1 saturated heterocycles. The summed E-state index contributed by atoms with van der Waals surface area (Å²) in [5, 5.41) is 4.55. The fourth-order valence-corrected chi connectivity index (χ4v) is 3.42. The zero-order valence-corrected chi connectivity index (χ0v) is 15.8. The molecular formula is C17H16F4N4O3S. The number of sulfonamides is 1. The van der Waals surface area contributed by atoms with E-state index in [1.54, 1.807) is 4.72 Å². The number of benzene rings is 1. The summed E-state index contributed by atoms with van der Waals surface area (Å²) in [7, 11) is -4.09. The zero-order valence-electron chi connectivity index (χ0n) is 15.0. The van der Waals surface area contributed by atoms with Crippen molar-refractivity contribution in [1.29, 1.82) is 0 Å². The van der Waals surface area contributed by atoms with Crippen molar-refractivity contribution < 1.29 is 30.8 Å². The van der Waals surface area contributed by atoms with Crippen LogP contribution in [-0.4, -0.2) is 42.9 Å². The van der Waals surface area contributed by atoms with Crippen LogP contribution in [0.5, 0.6) is 0 Å². The third kappa shape index (κ3) is 4.11. The molecule has 1 aromatic carbocycles. The maximum Gasteiger partial charge on any atom is 0.395 e. The number of nitrogens with one attached hydrogen (secondary N) is 1. The molecule has 29 heavy (non-hydrogen) atoms. The number of alkyl halides is 3. The first-order valence-electron chi connectivity index (χ1n) is 8.32. The summed E-state index contributed by atoms with van der Waals surface area (Å²) in [5.41, 5.74) is -0.0490. The predicted octanol–water partition coefficient (Wildman–Crippen LogP) is 2.60. The minimum absolute atomic E-state index is 0.144.